The van der Waals surface area contributed by atoms with Gasteiger partial charge in [0.15, 0.2) is 11.6 Å². The molecule has 0 amide bonds. The number of nitrogens with one attached hydrogen (secondary N) is 1. The zero-order valence-corrected chi connectivity index (χ0v) is 13.1. The quantitative estimate of drug-likeness (QED) is 0.886. The van der Waals surface area contributed by atoms with E-state index in [0.717, 1.165) is 12.1 Å². The highest BCUT2D eigenvalue weighted by Gasteiger charge is 2.18. The number of rotatable bonds is 4. The molecule has 21 heavy (non-hydrogen) atoms. The van der Waals surface area contributed by atoms with E-state index < -0.39 is 21.7 Å². The molecule has 0 heterocycles. The average Bonchev–Trinajstić information content (AvgIpc) is 2.41. The summed E-state index contributed by atoms with van der Waals surface area (Å²) in [5, 5.41) is 0. The summed E-state index contributed by atoms with van der Waals surface area (Å²) in [6, 6.07) is 7.08. The van der Waals surface area contributed by atoms with Gasteiger partial charge in [-0.25, -0.2) is 17.2 Å². The minimum atomic E-state index is -4.06. The van der Waals surface area contributed by atoms with Crippen molar-refractivity contribution in [1.29, 1.82) is 0 Å². The topological polar surface area (TPSA) is 55.4 Å². The van der Waals surface area contributed by atoms with Gasteiger partial charge in [-0.05, 0) is 36.4 Å². The Morgan fingerprint density at radius 3 is 2.43 bits per heavy atom. The Labute approximate surface area is 128 Å². The minimum absolute atomic E-state index is 0.177. The first kappa shape index (κ1) is 15.7. The molecule has 0 aromatic heterocycles. The molecule has 112 valence electrons. The number of hydrogen-bond donors (Lipinski definition) is 1. The lowest BCUT2D eigenvalue weighted by Gasteiger charge is -2.12. The molecular weight excluding hydrogens is 368 g/mol. The van der Waals surface area contributed by atoms with Crippen LogP contribution in [0.5, 0.6) is 5.75 Å². The maximum atomic E-state index is 13.2. The van der Waals surface area contributed by atoms with E-state index in [-0.39, 0.29) is 10.6 Å². The van der Waals surface area contributed by atoms with Crippen molar-refractivity contribution in [3.63, 3.8) is 0 Å². The molecule has 0 aliphatic rings. The smallest absolute Gasteiger partial charge is 0.262 e. The molecule has 0 saturated heterocycles. The highest BCUT2D eigenvalue weighted by Crippen LogP contribution is 2.30. The molecule has 1 N–H and O–H groups in total. The monoisotopic (exact) mass is 377 g/mol. The van der Waals surface area contributed by atoms with Gasteiger partial charge in [0.05, 0.1) is 17.7 Å². The van der Waals surface area contributed by atoms with Gasteiger partial charge in [0, 0.05) is 4.47 Å². The number of methoxy groups -OCH3 is 1. The summed E-state index contributed by atoms with van der Waals surface area (Å²) in [6.07, 6.45) is 0. The fourth-order valence-electron chi connectivity index (χ4n) is 1.61. The lowest BCUT2D eigenvalue weighted by atomic mass is 10.3. The van der Waals surface area contributed by atoms with Crippen LogP contribution < -0.4 is 9.46 Å². The van der Waals surface area contributed by atoms with Crippen molar-refractivity contribution in [2.45, 2.75) is 4.90 Å². The van der Waals surface area contributed by atoms with Crippen molar-refractivity contribution in [3.05, 3.63) is 52.5 Å². The summed E-state index contributed by atoms with van der Waals surface area (Å²) in [7, 11) is -2.67. The molecule has 4 nitrogen and oxygen atoms in total. The van der Waals surface area contributed by atoms with Crippen molar-refractivity contribution in [3.8, 4) is 5.75 Å². The molecule has 0 atom stereocenters. The summed E-state index contributed by atoms with van der Waals surface area (Å²) < 4.78 is 58.3. The van der Waals surface area contributed by atoms with E-state index in [2.05, 4.69) is 20.7 Å². The average molecular weight is 378 g/mol. The SMILES string of the molecule is COc1ccc(Br)cc1NS(=O)(=O)c1ccc(F)c(F)c1. The summed E-state index contributed by atoms with van der Waals surface area (Å²) in [4.78, 5) is -0.386. The van der Waals surface area contributed by atoms with E-state index in [0.29, 0.717) is 16.3 Å². The predicted molar refractivity (Wildman–Crippen MR) is 77.9 cm³/mol. The molecule has 0 fully saturated rings. The number of benzene rings is 2. The van der Waals surface area contributed by atoms with Crippen LogP contribution in [-0.2, 0) is 10.0 Å². The zero-order chi connectivity index (χ0) is 15.6. The first-order valence-corrected chi connectivity index (χ1v) is 7.92. The van der Waals surface area contributed by atoms with Gasteiger partial charge in [-0.1, -0.05) is 15.9 Å². The lowest BCUT2D eigenvalue weighted by Crippen LogP contribution is -2.14. The highest BCUT2D eigenvalue weighted by molar-refractivity contribution is 9.10. The Hall–Kier alpha value is -1.67. The second kappa shape index (κ2) is 5.98. The summed E-state index contributed by atoms with van der Waals surface area (Å²) in [6.45, 7) is 0. The highest BCUT2D eigenvalue weighted by atomic mass is 79.9. The van der Waals surface area contributed by atoms with Crippen molar-refractivity contribution < 1.29 is 21.9 Å². The van der Waals surface area contributed by atoms with Crippen LogP contribution in [0.2, 0.25) is 0 Å². The number of ether oxygens (including phenoxy) is 1. The van der Waals surface area contributed by atoms with Crippen molar-refractivity contribution in [2.75, 3.05) is 11.8 Å². The van der Waals surface area contributed by atoms with Gasteiger partial charge in [0.2, 0.25) is 0 Å². The zero-order valence-electron chi connectivity index (χ0n) is 10.7. The van der Waals surface area contributed by atoms with E-state index in [9.17, 15) is 17.2 Å². The third kappa shape index (κ3) is 3.51. The van der Waals surface area contributed by atoms with Gasteiger partial charge in [-0.15, -0.1) is 0 Å². The number of anilines is 1. The van der Waals surface area contributed by atoms with Gasteiger partial charge < -0.3 is 4.74 Å². The molecule has 8 heteroatoms. The van der Waals surface area contributed by atoms with Gasteiger partial charge in [-0.3, -0.25) is 4.72 Å². The molecule has 0 saturated carbocycles. The van der Waals surface area contributed by atoms with Crippen LogP contribution in [0, 0.1) is 11.6 Å². The number of hydrogen-bond acceptors (Lipinski definition) is 3. The first-order chi connectivity index (χ1) is 9.83. The molecular formula is C13H10BrF2NO3S. The van der Waals surface area contributed by atoms with E-state index in [1.807, 2.05) is 0 Å². The second-order valence-corrected chi connectivity index (χ2v) is 6.62. The fraction of sp³-hybridized carbons (Fsp3) is 0.0769. The Bertz CT molecular complexity index is 781. The fourth-order valence-corrected chi connectivity index (χ4v) is 3.04. The third-order valence-corrected chi connectivity index (χ3v) is 4.46. The lowest BCUT2D eigenvalue weighted by molar-refractivity contribution is 0.417. The van der Waals surface area contributed by atoms with Crippen molar-refractivity contribution >= 4 is 31.6 Å². The molecule has 0 unspecified atom stereocenters. The Morgan fingerprint density at radius 2 is 1.81 bits per heavy atom. The van der Waals surface area contributed by atoms with E-state index in [4.69, 9.17) is 4.74 Å². The summed E-state index contributed by atoms with van der Waals surface area (Å²) in [5.41, 5.74) is 0.177. The second-order valence-electron chi connectivity index (χ2n) is 4.03. The molecule has 0 radical (unpaired) electrons. The Balaban J connectivity index is 2.41. The number of halogens is 3. The van der Waals surface area contributed by atoms with Crippen LogP contribution in [0.3, 0.4) is 0 Å². The van der Waals surface area contributed by atoms with Crippen LogP contribution in [0.1, 0.15) is 0 Å². The maximum absolute atomic E-state index is 13.2. The maximum Gasteiger partial charge on any atom is 0.262 e. The van der Waals surface area contributed by atoms with Crippen LogP contribution in [0.15, 0.2) is 45.8 Å². The van der Waals surface area contributed by atoms with Crippen LogP contribution in [-0.4, -0.2) is 15.5 Å². The molecule has 2 aromatic carbocycles. The van der Waals surface area contributed by atoms with Crippen LogP contribution >= 0.6 is 15.9 Å². The standard InChI is InChI=1S/C13H10BrF2NO3S/c1-20-13-5-2-8(14)6-12(13)17-21(18,19)9-3-4-10(15)11(16)7-9/h2-7,17H,1H3. The number of sulfonamides is 1. The van der Waals surface area contributed by atoms with E-state index >= 15 is 0 Å². The largest absolute Gasteiger partial charge is 0.495 e. The van der Waals surface area contributed by atoms with Crippen molar-refractivity contribution in [2.24, 2.45) is 0 Å². The molecule has 2 rings (SSSR count). The molecule has 0 aliphatic heterocycles. The van der Waals surface area contributed by atoms with Crippen LogP contribution in [0.25, 0.3) is 0 Å². The molecule has 2 aromatic rings. The van der Waals surface area contributed by atoms with Gasteiger partial charge in [0.1, 0.15) is 5.75 Å². The normalized spacial score (nSPS) is 11.2. The van der Waals surface area contributed by atoms with Gasteiger partial charge in [0.25, 0.3) is 10.0 Å². The summed E-state index contributed by atoms with van der Waals surface area (Å²) >= 11 is 3.21. The van der Waals surface area contributed by atoms with Crippen LogP contribution in [0.4, 0.5) is 14.5 Å². The predicted octanol–water partition coefficient (Wildman–Crippen LogP) is 3.54. The van der Waals surface area contributed by atoms with E-state index in [1.54, 1.807) is 12.1 Å². The third-order valence-electron chi connectivity index (χ3n) is 2.61. The summed E-state index contributed by atoms with van der Waals surface area (Å²) in [5.74, 6) is -2.06. The van der Waals surface area contributed by atoms with Gasteiger partial charge in [-0.2, -0.15) is 0 Å². The minimum Gasteiger partial charge on any atom is -0.495 e. The van der Waals surface area contributed by atoms with E-state index in [1.165, 1.54) is 13.2 Å². The van der Waals surface area contributed by atoms with Gasteiger partial charge >= 0.3 is 0 Å². The molecule has 0 bridgehead atoms. The van der Waals surface area contributed by atoms with Crippen molar-refractivity contribution in [1.82, 2.24) is 0 Å². The molecule has 0 spiro atoms. The molecule has 0 aliphatic carbocycles. The first-order valence-electron chi connectivity index (χ1n) is 5.65. The Kier molecular flexibility index (Phi) is 4.48. The Morgan fingerprint density at radius 1 is 1.10 bits per heavy atom.